The number of nitriles is 1. The van der Waals surface area contributed by atoms with Gasteiger partial charge in [0.15, 0.2) is 17.2 Å². The molecule has 108 valence electrons. The maximum atomic E-state index is 13.7. The van der Waals surface area contributed by atoms with Crippen molar-refractivity contribution in [2.24, 2.45) is 0 Å². The van der Waals surface area contributed by atoms with E-state index in [1.165, 1.54) is 6.07 Å². The van der Waals surface area contributed by atoms with Crippen molar-refractivity contribution in [2.75, 3.05) is 5.32 Å². The lowest BCUT2D eigenvalue weighted by atomic mass is 10.1. The summed E-state index contributed by atoms with van der Waals surface area (Å²) < 4.78 is 19.1. The summed E-state index contributed by atoms with van der Waals surface area (Å²) in [7, 11) is 0. The minimum absolute atomic E-state index is 0.0578. The van der Waals surface area contributed by atoms with Gasteiger partial charge in [-0.1, -0.05) is 18.2 Å². The summed E-state index contributed by atoms with van der Waals surface area (Å²) in [4.78, 5) is 12.3. The first kappa shape index (κ1) is 13.8. The quantitative estimate of drug-likeness (QED) is 0.776. The zero-order chi connectivity index (χ0) is 15.7. The molecule has 1 amide bonds. The van der Waals surface area contributed by atoms with Crippen molar-refractivity contribution >= 4 is 22.6 Å². The molecular formula is C17H11FN2O2. The number of carbonyl (C=O) groups excluding carboxylic acids is 1. The van der Waals surface area contributed by atoms with Crippen molar-refractivity contribution in [3.8, 4) is 6.07 Å². The van der Waals surface area contributed by atoms with Crippen LogP contribution in [0.3, 0.4) is 0 Å². The van der Waals surface area contributed by atoms with Gasteiger partial charge < -0.3 is 9.73 Å². The summed E-state index contributed by atoms with van der Waals surface area (Å²) in [6.07, 6.45) is 0. The SMILES string of the molecule is Cc1c(C(=O)Nc2cccc(C#N)c2)oc2c(F)cccc12. The zero-order valence-electron chi connectivity index (χ0n) is 11.7. The Morgan fingerprint density at radius 2 is 2.05 bits per heavy atom. The molecule has 3 rings (SSSR count). The Bertz CT molecular complexity index is 922. The number of benzene rings is 2. The third kappa shape index (κ3) is 2.31. The number of amides is 1. The molecule has 2 aromatic carbocycles. The number of para-hydroxylation sites is 1. The average Bonchev–Trinajstić information content (AvgIpc) is 2.86. The van der Waals surface area contributed by atoms with Gasteiger partial charge in [0.1, 0.15) is 0 Å². The van der Waals surface area contributed by atoms with Crippen molar-refractivity contribution < 1.29 is 13.6 Å². The lowest BCUT2D eigenvalue weighted by Crippen LogP contribution is -2.12. The molecule has 0 spiro atoms. The zero-order valence-corrected chi connectivity index (χ0v) is 11.7. The van der Waals surface area contributed by atoms with E-state index < -0.39 is 11.7 Å². The molecule has 0 saturated heterocycles. The van der Waals surface area contributed by atoms with Gasteiger partial charge in [-0.25, -0.2) is 4.39 Å². The number of aryl methyl sites for hydroxylation is 1. The lowest BCUT2D eigenvalue weighted by Gasteiger charge is -2.03. The summed E-state index contributed by atoms with van der Waals surface area (Å²) in [6, 6.07) is 13.1. The molecule has 0 bridgehead atoms. The van der Waals surface area contributed by atoms with Gasteiger partial charge in [-0.15, -0.1) is 0 Å². The molecule has 0 unspecified atom stereocenters. The molecule has 3 aromatic rings. The van der Waals surface area contributed by atoms with Crippen LogP contribution in [0.1, 0.15) is 21.7 Å². The predicted octanol–water partition coefficient (Wildman–Crippen LogP) is 4.00. The predicted molar refractivity (Wildman–Crippen MR) is 80.0 cm³/mol. The summed E-state index contributed by atoms with van der Waals surface area (Å²) in [6.45, 7) is 1.70. The Morgan fingerprint density at radius 3 is 2.77 bits per heavy atom. The Hall–Kier alpha value is -3.13. The largest absolute Gasteiger partial charge is 0.448 e. The van der Waals surface area contributed by atoms with Crippen LogP contribution in [0.5, 0.6) is 0 Å². The highest BCUT2D eigenvalue weighted by Gasteiger charge is 2.19. The number of fused-ring (bicyclic) bond motifs is 1. The fraction of sp³-hybridized carbons (Fsp3) is 0.0588. The average molecular weight is 294 g/mol. The number of halogens is 1. The van der Waals surface area contributed by atoms with Crippen LogP contribution in [0.2, 0.25) is 0 Å². The highest BCUT2D eigenvalue weighted by Crippen LogP contribution is 2.27. The molecular weight excluding hydrogens is 283 g/mol. The van der Waals surface area contributed by atoms with E-state index in [0.29, 0.717) is 22.2 Å². The maximum Gasteiger partial charge on any atom is 0.291 e. The molecule has 4 nitrogen and oxygen atoms in total. The number of hydrogen-bond donors (Lipinski definition) is 1. The Kier molecular flexibility index (Phi) is 3.36. The third-order valence-corrected chi connectivity index (χ3v) is 3.37. The van der Waals surface area contributed by atoms with Gasteiger partial charge in [0, 0.05) is 16.6 Å². The van der Waals surface area contributed by atoms with Crippen LogP contribution in [-0.2, 0) is 0 Å². The molecule has 1 aromatic heterocycles. The van der Waals surface area contributed by atoms with Crippen LogP contribution in [-0.4, -0.2) is 5.91 Å². The second-order valence-corrected chi connectivity index (χ2v) is 4.82. The smallest absolute Gasteiger partial charge is 0.291 e. The number of nitrogens with one attached hydrogen (secondary N) is 1. The number of carbonyl (C=O) groups is 1. The summed E-state index contributed by atoms with van der Waals surface area (Å²) in [5, 5.41) is 12.1. The molecule has 5 heteroatoms. The van der Waals surface area contributed by atoms with Gasteiger partial charge in [-0.05, 0) is 31.2 Å². The Morgan fingerprint density at radius 1 is 1.27 bits per heavy atom. The lowest BCUT2D eigenvalue weighted by molar-refractivity contribution is 0.0997. The third-order valence-electron chi connectivity index (χ3n) is 3.37. The van der Waals surface area contributed by atoms with Gasteiger partial charge in [-0.3, -0.25) is 4.79 Å². The van der Waals surface area contributed by atoms with Crippen LogP contribution < -0.4 is 5.32 Å². The highest BCUT2D eigenvalue weighted by molar-refractivity contribution is 6.06. The van der Waals surface area contributed by atoms with Gasteiger partial charge >= 0.3 is 0 Å². The standard InChI is InChI=1S/C17H11FN2O2/c1-10-13-6-3-7-14(18)16(13)22-15(10)17(21)20-12-5-2-4-11(8-12)9-19/h2-8H,1H3,(H,20,21). The van der Waals surface area contributed by atoms with Crippen LogP contribution in [0, 0.1) is 24.1 Å². The van der Waals surface area contributed by atoms with E-state index in [2.05, 4.69) is 5.32 Å². The minimum atomic E-state index is -0.508. The van der Waals surface area contributed by atoms with Gasteiger partial charge in [0.25, 0.3) is 5.91 Å². The van der Waals surface area contributed by atoms with E-state index in [9.17, 15) is 9.18 Å². The normalized spacial score (nSPS) is 10.4. The van der Waals surface area contributed by atoms with E-state index in [4.69, 9.17) is 9.68 Å². The molecule has 0 aliphatic rings. The number of hydrogen-bond acceptors (Lipinski definition) is 3. The number of anilines is 1. The van der Waals surface area contributed by atoms with Gasteiger partial charge in [-0.2, -0.15) is 5.26 Å². The first-order chi connectivity index (χ1) is 10.6. The first-order valence-electron chi connectivity index (χ1n) is 6.59. The fourth-order valence-corrected chi connectivity index (χ4v) is 2.28. The topological polar surface area (TPSA) is 66.0 Å². The monoisotopic (exact) mass is 294 g/mol. The van der Waals surface area contributed by atoms with Crippen LogP contribution in [0.15, 0.2) is 46.9 Å². The second-order valence-electron chi connectivity index (χ2n) is 4.82. The molecule has 1 heterocycles. The molecule has 0 aliphatic carbocycles. The number of furan rings is 1. The summed E-state index contributed by atoms with van der Waals surface area (Å²) in [5.74, 6) is -0.934. The molecule has 0 aliphatic heterocycles. The van der Waals surface area contributed by atoms with Gasteiger partial charge in [0.2, 0.25) is 0 Å². The fourth-order valence-electron chi connectivity index (χ4n) is 2.28. The minimum Gasteiger partial charge on any atom is -0.448 e. The number of nitrogens with zero attached hydrogens (tertiary/aromatic N) is 1. The van der Waals surface area contributed by atoms with E-state index in [0.717, 1.165) is 0 Å². The van der Waals surface area contributed by atoms with E-state index in [-0.39, 0.29) is 11.3 Å². The molecule has 0 fully saturated rings. The van der Waals surface area contributed by atoms with E-state index in [1.807, 2.05) is 6.07 Å². The van der Waals surface area contributed by atoms with Crippen molar-refractivity contribution in [1.29, 1.82) is 5.26 Å². The van der Waals surface area contributed by atoms with Crippen molar-refractivity contribution in [2.45, 2.75) is 6.92 Å². The molecule has 0 saturated carbocycles. The molecule has 0 radical (unpaired) electrons. The molecule has 0 atom stereocenters. The van der Waals surface area contributed by atoms with Crippen molar-refractivity contribution in [3.05, 3.63) is 65.2 Å². The van der Waals surface area contributed by atoms with Crippen LogP contribution in [0.4, 0.5) is 10.1 Å². The molecule has 1 N–H and O–H groups in total. The van der Waals surface area contributed by atoms with Gasteiger partial charge in [0.05, 0.1) is 11.6 Å². The molecule has 22 heavy (non-hydrogen) atoms. The Labute approximate surface area is 125 Å². The highest BCUT2D eigenvalue weighted by atomic mass is 19.1. The van der Waals surface area contributed by atoms with Crippen LogP contribution >= 0.6 is 0 Å². The maximum absolute atomic E-state index is 13.7. The summed E-state index contributed by atoms with van der Waals surface area (Å²) >= 11 is 0. The van der Waals surface area contributed by atoms with E-state index >= 15 is 0 Å². The van der Waals surface area contributed by atoms with E-state index in [1.54, 1.807) is 43.3 Å². The second kappa shape index (κ2) is 5.34. The number of rotatable bonds is 2. The van der Waals surface area contributed by atoms with Crippen LogP contribution in [0.25, 0.3) is 11.0 Å². The Balaban J connectivity index is 1.97. The first-order valence-corrected chi connectivity index (χ1v) is 6.59. The van der Waals surface area contributed by atoms with Crippen molar-refractivity contribution in [3.63, 3.8) is 0 Å². The summed E-state index contributed by atoms with van der Waals surface area (Å²) in [5.41, 5.74) is 1.55. The van der Waals surface area contributed by atoms with Crippen molar-refractivity contribution in [1.82, 2.24) is 0 Å².